The highest BCUT2D eigenvalue weighted by Gasteiger charge is 1.81. The lowest BCUT2D eigenvalue weighted by Gasteiger charge is -1.89. The number of aliphatic hydroxyl groups excluding tert-OH is 1. The number of nitrogens with one attached hydrogen (secondary N) is 1. The summed E-state index contributed by atoms with van der Waals surface area (Å²) in [5.41, 5.74) is 0.965. The van der Waals surface area contributed by atoms with Crippen molar-refractivity contribution in [2.45, 2.75) is 6.61 Å². The Morgan fingerprint density at radius 3 is 2.06 bits per heavy atom. The van der Waals surface area contributed by atoms with Crippen molar-refractivity contribution in [3.8, 4) is 12.1 Å². The molecule has 86 valence electrons. The van der Waals surface area contributed by atoms with E-state index in [2.05, 4.69) is 9.97 Å². The van der Waals surface area contributed by atoms with E-state index in [1.165, 1.54) is 12.1 Å². The number of hydrogen-bond donors (Lipinski definition) is 2. The van der Waals surface area contributed by atoms with E-state index in [4.69, 9.17) is 15.6 Å². The molecular weight excluding hydrogens is 216 g/mol. The summed E-state index contributed by atoms with van der Waals surface area (Å²) in [6.45, 7) is 0.140. The van der Waals surface area contributed by atoms with Gasteiger partial charge in [-0.1, -0.05) is 30.3 Å². The highest BCUT2D eigenvalue weighted by Crippen LogP contribution is 1.95. The fraction of sp³-hybridized carbons (Fsp3) is 0.0833. The summed E-state index contributed by atoms with van der Waals surface area (Å²) >= 11 is 0. The summed E-state index contributed by atoms with van der Waals surface area (Å²) < 4.78 is 0. The monoisotopic (exact) mass is 228 g/mol. The molecule has 0 radical (unpaired) electrons. The number of hydrogen-bond acceptors (Lipinski definition) is 4. The fourth-order valence-electron chi connectivity index (χ4n) is 0.799. The molecule has 1 aromatic carbocycles. The summed E-state index contributed by atoms with van der Waals surface area (Å²) in [5.74, 6) is 0. The fourth-order valence-corrected chi connectivity index (χ4v) is 0.799. The van der Waals surface area contributed by atoms with Crippen LogP contribution in [-0.2, 0) is 6.61 Å². The molecule has 0 saturated heterocycles. The van der Waals surface area contributed by atoms with Gasteiger partial charge < -0.3 is 10.1 Å². The Kier molecular flexibility index (Phi) is 9.67. The number of aromatic amines is 1. The van der Waals surface area contributed by atoms with Crippen LogP contribution in [0.3, 0.4) is 0 Å². The van der Waals surface area contributed by atoms with Crippen molar-refractivity contribution in [2.24, 2.45) is 0 Å². The summed E-state index contributed by atoms with van der Waals surface area (Å²) in [6.07, 6.45) is 5.08. The molecule has 2 N–H and O–H groups in total. The topological polar surface area (TPSA) is 96.5 Å². The van der Waals surface area contributed by atoms with Gasteiger partial charge in [0.15, 0.2) is 12.1 Å². The molecule has 0 aliphatic heterocycles. The van der Waals surface area contributed by atoms with Crippen molar-refractivity contribution in [3.63, 3.8) is 0 Å². The SMILES string of the molecule is N#CC#N.OCc1ccccc1.c1c[nH]cn1. The zero-order valence-electron chi connectivity index (χ0n) is 9.11. The Bertz CT molecular complexity index is 410. The molecule has 5 nitrogen and oxygen atoms in total. The van der Waals surface area contributed by atoms with E-state index in [0.29, 0.717) is 0 Å². The molecule has 0 aliphatic carbocycles. The van der Waals surface area contributed by atoms with Crippen LogP contribution >= 0.6 is 0 Å². The van der Waals surface area contributed by atoms with Crippen molar-refractivity contribution in [1.82, 2.24) is 9.97 Å². The van der Waals surface area contributed by atoms with Gasteiger partial charge >= 0.3 is 0 Å². The van der Waals surface area contributed by atoms with Gasteiger partial charge in [0.1, 0.15) is 0 Å². The van der Waals surface area contributed by atoms with E-state index in [-0.39, 0.29) is 6.61 Å². The number of H-pyrrole nitrogens is 1. The maximum Gasteiger partial charge on any atom is 0.181 e. The lowest BCUT2D eigenvalue weighted by molar-refractivity contribution is 0.282. The molecule has 0 amide bonds. The van der Waals surface area contributed by atoms with Crippen molar-refractivity contribution >= 4 is 0 Å². The summed E-state index contributed by atoms with van der Waals surface area (Å²) in [4.78, 5) is 6.42. The van der Waals surface area contributed by atoms with Crippen LogP contribution < -0.4 is 0 Å². The highest BCUT2D eigenvalue weighted by atomic mass is 16.3. The first-order chi connectivity index (χ1) is 8.35. The van der Waals surface area contributed by atoms with E-state index in [1.54, 1.807) is 18.7 Å². The second-order valence-electron chi connectivity index (χ2n) is 2.63. The minimum atomic E-state index is 0.140. The van der Waals surface area contributed by atoms with Crippen LogP contribution in [0.2, 0.25) is 0 Å². The van der Waals surface area contributed by atoms with Gasteiger partial charge in [-0.05, 0) is 5.56 Å². The lowest BCUT2D eigenvalue weighted by Crippen LogP contribution is -1.77. The standard InChI is InChI=1S/C7H8O.C3H4N2.C2N2/c8-6-7-4-2-1-3-5-7;1-2-5-3-4-1;3-1-2-4/h1-5,8H,6H2;1-3H,(H,4,5);. The predicted octanol–water partition coefficient (Wildman–Crippen LogP) is 1.62. The summed E-state index contributed by atoms with van der Waals surface area (Å²) in [5, 5.41) is 23.1. The van der Waals surface area contributed by atoms with Gasteiger partial charge in [0, 0.05) is 12.4 Å². The van der Waals surface area contributed by atoms with E-state index >= 15 is 0 Å². The average molecular weight is 228 g/mol. The minimum absolute atomic E-state index is 0.140. The molecule has 1 aromatic heterocycles. The van der Waals surface area contributed by atoms with Gasteiger partial charge in [-0.25, -0.2) is 4.98 Å². The number of imidazole rings is 1. The Morgan fingerprint density at radius 2 is 1.82 bits per heavy atom. The van der Waals surface area contributed by atoms with E-state index in [0.717, 1.165) is 5.56 Å². The molecule has 5 heteroatoms. The molecule has 0 fully saturated rings. The zero-order valence-corrected chi connectivity index (χ0v) is 9.11. The van der Waals surface area contributed by atoms with Gasteiger partial charge in [-0.15, -0.1) is 0 Å². The Labute approximate surface area is 99.6 Å². The number of rotatable bonds is 1. The first kappa shape index (κ1) is 14.4. The molecule has 1 heterocycles. The number of benzene rings is 1. The Balaban J connectivity index is 0.000000246. The minimum Gasteiger partial charge on any atom is -0.392 e. The smallest absolute Gasteiger partial charge is 0.181 e. The van der Waals surface area contributed by atoms with E-state index in [1.807, 2.05) is 30.3 Å². The maximum atomic E-state index is 8.54. The molecule has 2 aromatic rings. The number of aliphatic hydroxyl groups is 1. The van der Waals surface area contributed by atoms with Crippen LogP contribution in [0.4, 0.5) is 0 Å². The van der Waals surface area contributed by atoms with Gasteiger partial charge in [-0.3, -0.25) is 0 Å². The van der Waals surface area contributed by atoms with Crippen LogP contribution in [0.25, 0.3) is 0 Å². The maximum absolute atomic E-state index is 8.54. The largest absolute Gasteiger partial charge is 0.392 e. The first-order valence-corrected chi connectivity index (χ1v) is 4.70. The lowest BCUT2D eigenvalue weighted by atomic mass is 10.2. The summed E-state index contributed by atoms with van der Waals surface area (Å²) in [6, 6.07) is 12.0. The van der Waals surface area contributed by atoms with Crippen molar-refractivity contribution in [1.29, 1.82) is 10.5 Å². The van der Waals surface area contributed by atoms with Crippen LogP contribution in [0.15, 0.2) is 49.1 Å². The van der Waals surface area contributed by atoms with Crippen LogP contribution in [0.5, 0.6) is 0 Å². The molecule has 0 saturated carbocycles. The van der Waals surface area contributed by atoms with Gasteiger partial charge in [0.25, 0.3) is 0 Å². The normalized spacial score (nSPS) is 7.24. The Hall–Kier alpha value is -2.63. The third kappa shape index (κ3) is 9.67. The molecule has 17 heavy (non-hydrogen) atoms. The van der Waals surface area contributed by atoms with Crippen molar-refractivity contribution < 1.29 is 5.11 Å². The van der Waals surface area contributed by atoms with E-state index < -0.39 is 0 Å². The molecule has 0 atom stereocenters. The van der Waals surface area contributed by atoms with Gasteiger partial charge in [0.2, 0.25) is 0 Å². The molecule has 0 spiro atoms. The third-order valence-corrected chi connectivity index (χ3v) is 1.48. The average Bonchev–Trinajstić information content (AvgIpc) is 2.99. The highest BCUT2D eigenvalue weighted by molar-refractivity contribution is 5.12. The number of nitrogens with zero attached hydrogens (tertiary/aromatic N) is 3. The quantitative estimate of drug-likeness (QED) is 0.775. The number of aromatic nitrogens is 2. The second-order valence-corrected chi connectivity index (χ2v) is 2.63. The molecular formula is C12H12N4O. The number of nitriles is 2. The molecule has 0 unspecified atom stereocenters. The zero-order chi connectivity index (χ0) is 12.8. The van der Waals surface area contributed by atoms with Crippen LogP contribution in [-0.4, -0.2) is 15.1 Å². The van der Waals surface area contributed by atoms with E-state index in [9.17, 15) is 0 Å². The van der Waals surface area contributed by atoms with Gasteiger partial charge in [-0.2, -0.15) is 10.5 Å². The third-order valence-electron chi connectivity index (χ3n) is 1.48. The Morgan fingerprint density at radius 1 is 1.18 bits per heavy atom. The van der Waals surface area contributed by atoms with Crippen molar-refractivity contribution in [2.75, 3.05) is 0 Å². The van der Waals surface area contributed by atoms with Gasteiger partial charge in [0.05, 0.1) is 12.9 Å². The van der Waals surface area contributed by atoms with Crippen LogP contribution in [0.1, 0.15) is 5.56 Å². The molecule has 0 bridgehead atoms. The predicted molar refractivity (Wildman–Crippen MR) is 62.2 cm³/mol. The molecule has 2 rings (SSSR count). The second kappa shape index (κ2) is 11.4. The first-order valence-electron chi connectivity index (χ1n) is 4.70. The summed E-state index contributed by atoms with van der Waals surface area (Å²) in [7, 11) is 0. The molecule has 0 aliphatic rings. The van der Waals surface area contributed by atoms with Crippen LogP contribution in [0, 0.1) is 22.7 Å². The van der Waals surface area contributed by atoms with Crippen molar-refractivity contribution in [3.05, 3.63) is 54.6 Å².